The highest BCUT2D eigenvalue weighted by atomic mass is 32.2. The average Bonchev–Trinajstić information content (AvgIpc) is 2.33. The maximum absolute atomic E-state index is 13.9. The van der Waals surface area contributed by atoms with Crippen molar-refractivity contribution in [1.29, 1.82) is 0 Å². The largest absolute Gasteiger partial charge is 0.328 e. The molecule has 0 saturated heterocycles. The molecule has 2 N–H and O–H groups in total. The van der Waals surface area contributed by atoms with Gasteiger partial charge in [-0.2, -0.15) is 0 Å². The minimum absolute atomic E-state index is 0.0883. The Morgan fingerprint density at radius 3 is 2.84 bits per heavy atom. The number of benzene rings is 1. The smallest absolute Gasteiger partial charge is 0.192 e. The van der Waals surface area contributed by atoms with Crippen molar-refractivity contribution in [2.24, 2.45) is 5.73 Å². The van der Waals surface area contributed by atoms with Crippen molar-refractivity contribution in [2.75, 3.05) is 0 Å². The monoisotopic (exact) mass is 277 g/mol. The zero-order valence-corrected chi connectivity index (χ0v) is 11.7. The molecule has 0 aliphatic heterocycles. The molecule has 2 rings (SSSR count). The molecular weight excluding hydrogens is 261 g/mol. The zero-order valence-electron chi connectivity index (χ0n) is 10.9. The van der Waals surface area contributed by atoms with Gasteiger partial charge < -0.3 is 5.73 Å². The van der Waals surface area contributed by atoms with E-state index in [2.05, 4.69) is 9.97 Å². The van der Waals surface area contributed by atoms with Gasteiger partial charge in [-0.15, -0.1) is 0 Å². The quantitative estimate of drug-likeness (QED) is 0.873. The molecular formula is C14H16FN3S. The molecule has 0 saturated carbocycles. The van der Waals surface area contributed by atoms with Crippen LogP contribution in [0.15, 0.2) is 40.5 Å². The van der Waals surface area contributed by atoms with Crippen molar-refractivity contribution in [1.82, 2.24) is 9.97 Å². The predicted molar refractivity (Wildman–Crippen MR) is 74.6 cm³/mol. The summed E-state index contributed by atoms with van der Waals surface area (Å²) in [7, 11) is 0. The summed E-state index contributed by atoms with van der Waals surface area (Å²) < 4.78 is 13.9. The van der Waals surface area contributed by atoms with Gasteiger partial charge in [-0.05, 0) is 50.2 Å². The summed E-state index contributed by atoms with van der Waals surface area (Å²) in [6, 6.07) is 6.77. The summed E-state index contributed by atoms with van der Waals surface area (Å²) in [6.45, 7) is 3.77. The van der Waals surface area contributed by atoms with E-state index in [-0.39, 0.29) is 11.9 Å². The van der Waals surface area contributed by atoms with Crippen LogP contribution in [0.1, 0.15) is 18.2 Å². The van der Waals surface area contributed by atoms with Gasteiger partial charge in [-0.3, -0.25) is 0 Å². The van der Waals surface area contributed by atoms with Gasteiger partial charge in [0, 0.05) is 28.4 Å². The van der Waals surface area contributed by atoms with Crippen LogP contribution in [0.4, 0.5) is 4.39 Å². The van der Waals surface area contributed by atoms with Crippen LogP contribution in [0.3, 0.4) is 0 Å². The van der Waals surface area contributed by atoms with Crippen LogP contribution in [0.25, 0.3) is 0 Å². The number of hydrogen-bond donors (Lipinski definition) is 1. The first-order chi connectivity index (χ1) is 9.06. The lowest BCUT2D eigenvalue weighted by Crippen LogP contribution is -2.19. The van der Waals surface area contributed by atoms with Gasteiger partial charge in [0.25, 0.3) is 0 Å². The van der Waals surface area contributed by atoms with Gasteiger partial charge in [-0.25, -0.2) is 14.4 Å². The highest BCUT2D eigenvalue weighted by Gasteiger charge is 2.12. The fourth-order valence-corrected chi connectivity index (χ4v) is 2.68. The number of rotatable bonds is 4. The van der Waals surface area contributed by atoms with Crippen LogP contribution >= 0.6 is 11.8 Å². The van der Waals surface area contributed by atoms with Crippen molar-refractivity contribution >= 4 is 11.8 Å². The van der Waals surface area contributed by atoms with E-state index >= 15 is 0 Å². The predicted octanol–water partition coefficient (Wildman–Crippen LogP) is 2.97. The highest BCUT2D eigenvalue weighted by molar-refractivity contribution is 7.99. The first-order valence-electron chi connectivity index (χ1n) is 6.06. The molecule has 0 bridgehead atoms. The van der Waals surface area contributed by atoms with Crippen molar-refractivity contribution in [3.63, 3.8) is 0 Å². The minimum atomic E-state index is -0.227. The molecule has 0 spiro atoms. The Labute approximate surface area is 116 Å². The van der Waals surface area contributed by atoms with Gasteiger partial charge in [0.05, 0.1) is 0 Å². The normalized spacial score (nSPS) is 12.4. The van der Waals surface area contributed by atoms with Crippen LogP contribution in [-0.2, 0) is 6.42 Å². The Morgan fingerprint density at radius 1 is 1.37 bits per heavy atom. The van der Waals surface area contributed by atoms with E-state index in [1.165, 1.54) is 17.8 Å². The summed E-state index contributed by atoms with van der Waals surface area (Å²) in [6.07, 6.45) is 2.20. The second-order valence-corrected chi connectivity index (χ2v) is 5.49. The Bertz CT molecular complexity index is 572. The summed E-state index contributed by atoms with van der Waals surface area (Å²) in [5, 5.41) is 0.622. The van der Waals surface area contributed by atoms with E-state index < -0.39 is 0 Å². The molecule has 5 heteroatoms. The molecule has 100 valence electrons. The van der Waals surface area contributed by atoms with Crippen molar-refractivity contribution in [3.05, 3.63) is 47.5 Å². The van der Waals surface area contributed by atoms with Crippen LogP contribution in [0.5, 0.6) is 0 Å². The molecule has 19 heavy (non-hydrogen) atoms. The van der Waals surface area contributed by atoms with Crippen molar-refractivity contribution in [2.45, 2.75) is 36.4 Å². The maximum Gasteiger partial charge on any atom is 0.192 e. The number of nitrogens with two attached hydrogens (primary N) is 1. The molecule has 1 heterocycles. The molecule has 0 amide bonds. The number of aromatic nitrogens is 2. The lowest BCUT2D eigenvalue weighted by atomic mass is 10.1. The molecule has 1 aromatic heterocycles. The second kappa shape index (κ2) is 6.12. The fourth-order valence-electron chi connectivity index (χ4n) is 1.73. The first-order valence-corrected chi connectivity index (χ1v) is 6.88. The van der Waals surface area contributed by atoms with Gasteiger partial charge in [0.2, 0.25) is 0 Å². The standard InChI is InChI=1S/C14H16FN3S/c1-9(16)8-11-12(15)4-3-5-13(11)19-14-17-7-6-10(2)18-14/h3-7,9H,8,16H2,1-2H3. The summed E-state index contributed by atoms with van der Waals surface area (Å²) >= 11 is 1.37. The summed E-state index contributed by atoms with van der Waals surface area (Å²) in [5.74, 6) is -0.227. The highest BCUT2D eigenvalue weighted by Crippen LogP contribution is 2.30. The minimum Gasteiger partial charge on any atom is -0.328 e. The Hall–Kier alpha value is -1.46. The maximum atomic E-state index is 13.9. The lowest BCUT2D eigenvalue weighted by molar-refractivity contribution is 0.588. The van der Waals surface area contributed by atoms with E-state index in [0.29, 0.717) is 17.1 Å². The van der Waals surface area contributed by atoms with Crippen LogP contribution in [-0.4, -0.2) is 16.0 Å². The van der Waals surface area contributed by atoms with E-state index in [0.717, 1.165) is 10.6 Å². The third-order valence-corrected chi connectivity index (χ3v) is 3.56. The fraction of sp³-hybridized carbons (Fsp3) is 0.286. The molecule has 0 radical (unpaired) electrons. The molecule has 0 aliphatic rings. The van der Waals surface area contributed by atoms with Gasteiger partial charge in [-0.1, -0.05) is 6.07 Å². The Balaban J connectivity index is 2.31. The number of halogens is 1. The van der Waals surface area contributed by atoms with Gasteiger partial charge >= 0.3 is 0 Å². The third-order valence-electron chi connectivity index (χ3n) is 2.58. The molecule has 3 nitrogen and oxygen atoms in total. The zero-order chi connectivity index (χ0) is 13.8. The topological polar surface area (TPSA) is 51.8 Å². The van der Waals surface area contributed by atoms with Crippen LogP contribution < -0.4 is 5.73 Å². The van der Waals surface area contributed by atoms with E-state index in [4.69, 9.17) is 5.73 Å². The Morgan fingerprint density at radius 2 is 2.16 bits per heavy atom. The Kier molecular flexibility index (Phi) is 4.50. The van der Waals surface area contributed by atoms with Crippen molar-refractivity contribution < 1.29 is 4.39 Å². The van der Waals surface area contributed by atoms with E-state index in [9.17, 15) is 4.39 Å². The molecule has 1 atom stereocenters. The number of nitrogens with zero attached hydrogens (tertiary/aromatic N) is 2. The molecule has 0 aliphatic carbocycles. The molecule has 1 unspecified atom stereocenters. The SMILES string of the molecule is Cc1ccnc(Sc2cccc(F)c2CC(C)N)n1. The van der Waals surface area contributed by atoms with Gasteiger partial charge in [0.1, 0.15) is 5.82 Å². The average molecular weight is 277 g/mol. The van der Waals surface area contributed by atoms with Crippen LogP contribution in [0, 0.1) is 12.7 Å². The number of aryl methyl sites for hydroxylation is 1. The van der Waals surface area contributed by atoms with Crippen LogP contribution in [0.2, 0.25) is 0 Å². The van der Waals surface area contributed by atoms with E-state index in [1.54, 1.807) is 12.3 Å². The molecule has 2 aromatic rings. The van der Waals surface area contributed by atoms with Gasteiger partial charge in [0.15, 0.2) is 5.16 Å². The van der Waals surface area contributed by atoms with E-state index in [1.807, 2.05) is 26.0 Å². The van der Waals surface area contributed by atoms with Crippen molar-refractivity contribution in [3.8, 4) is 0 Å². The first kappa shape index (κ1) is 14.0. The lowest BCUT2D eigenvalue weighted by Gasteiger charge is -2.11. The molecule has 1 aromatic carbocycles. The summed E-state index contributed by atoms with van der Waals surface area (Å²) in [5.41, 5.74) is 7.30. The summed E-state index contributed by atoms with van der Waals surface area (Å²) in [4.78, 5) is 9.32. The third kappa shape index (κ3) is 3.75. The number of hydrogen-bond acceptors (Lipinski definition) is 4. The molecule has 0 fully saturated rings. The second-order valence-electron chi connectivity index (χ2n) is 4.48.